The minimum absolute atomic E-state index is 0.0479. The van der Waals surface area contributed by atoms with Crippen molar-refractivity contribution in [2.75, 3.05) is 13.2 Å². The molecule has 1 atom stereocenters. The summed E-state index contributed by atoms with van der Waals surface area (Å²) in [5, 5.41) is 8.62. The van der Waals surface area contributed by atoms with E-state index in [1.54, 1.807) is 12.1 Å². The van der Waals surface area contributed by atoms with E-state index in [1.807, 2.05) is 6.92 Å². The van der Waals surface area contributed by atoms with E-state index in [9.17, 15) is 8.42 Å². The van der Waals surface area contributed by atoms with Gasteiger partial charge in [-0.25, -0.2) is 13.1 Å². The van der Waals surface area contributed by atoms with Crippen molar-refractivity contribution >= 4 is 10.0 Å². The third-order valence-electron chi connectivity index (χ3n) is 3.53. The van der Waals surface area contributed by atoms with Crippen LogP contribution < -0.4 is 4.72 Å². The molecule has 1 aromatic carbocycles. The van der Waals surface area contributed by atoms with E-state index in [4.69, 9.17) is 5.11 Å². The minimum Gasteiger partial charge on any atom is -0.384 e. The molecule has 0 spiro atoms. The molecule has 0 saturated heterocycles. The van der Waals surface area contributed by atoms with Gasteiger partial charge in [-0.2, -0.15) is 0 Å². The van der Waals surface area contributed by atoms with Gasteiger partial charge in [0.05, 0.1) is 4.90 Å². The molecule has 21 heavy (non-hydrogen) atoms. The summed E-state index contributed by atoms with van der Waals surface area (Å²) in [5.74, 6) is 5.47. The van der Waals surface area contributed by atoms with Gasteiger partial charge >= 0.3 is 0 Å². The van der Waals surface area contributed by atoms with Gasteiger partial charge in [0.1, 0.15) is 6.61 Å². The Labute approximate surface area is 127 Å². The van der Waals surface area contributed by atoms with E-state index < -0.39 is 10.0 Å². The first-order valence-corrected chi connectivity index (χ1v) is 8.34. The average molecular weight is 309 g/mol. The molecule has 0 saturated carbocycles. The van der Waals surface area contributed by atoms with Gasteiger partial charge in [-0.3, -0.25) is 0 Å². The summed E-state index contributed by atoms with van der Waals surface area (Å²) in [6.45, 7) is 8.46. The maximum Gasteiger partial charge on any atom is 0.240 e. The highest BCUT2D eigenvalue weighted by atomic mass is 32.2. The van der Waals surface area contributed by atoms with Crippen molar-refractivity contribution in [3.05, 3.63) is 29.8 Å². The molecule has 1 rings (SSSR count). The monoisotopic (exact) mass is 309 g/mol. The molecule has 4 nitrogen and oxygen atoms in total. The first-order chi connectivity index (χ1) is 9.66. The maximum absolute atomic E-state index is 12.2. The maximum atomic E-state index is 12.2. The standard InChI is InChI=1S/C16H23NO3S/c1-13(16(2,3)4)12-17-21(19,20)15-9-7-14(8-10-15)6-5-11-18/h7-10,13,17-18H,11-12H2,1-4H3. The van der Waals surface area contributed by atoms with Crippen molar-refractivity contribution in [3.8, 4) is 11.8 Å². The molecule has 1 aromatic rings. The number of rotatable bonds is 4. The molecule has 5 heteroatoms. The van der Waals surface area contributed by atoms with Gasteiger partial charge in [0.25, 0.3) is 0 Å². The third kappa shape index (κ3) is 5.50. The zero-order valence-electron chi connectivity index (χ0n) is 13.0. The van der Waals surface area contributed by atoms with Gasteiger partial charge in [0, 0.05) is 12.1 Å². The fourth-order valence-corrected chi connectivity index (χ4v) is 2.61. The number of nitrogens with one attached hydrogen (secondary N) is 1. The Morgan fingerprint density at radius 3 is 2.29 bits per heavy atom. The molecule has 116 valence electrons. The minimum atomic E-state index is -3.50. The molecule has 2 N–H and O–H groups in total. The number of hydrogen-bond donors (Lipinski definition) is 2. The smallest absolute Gasteiger partial charge is 0.240 e. The quantitative estimate of drug-likeness (QED) is 0.836. The largest absolute Gasteiger partial charge is 0.384 e. The zero-order valence-corrected chi connectivity index (χ0v) is 13.8. The summed E-state index contributed by atoms with van der Waals surface area (Å²) in [5.41, 5.74) is 0.720. The molecule has 0 aliphatic rings. The highest BCUT2D eigenvalue weighted by Crippen LogP contribution is 2.24. The van der Waals surface area contributed by atoms with Gasteiger partial charge in [-0.15, -0.1) is 0 Å². The SMILES string of the molecule is CC(CNS(=O)(=O)c1ccc(C#CCO)cc1)C(C)(C)C. The van der Waals surface area contributed by atoms with Crippen LogP contribution >= 0.6 is 0 Å². The molecule has 0 bridgehead atoms. The highest BCUT2D eigenvalue weighted by Gasteiger charge is 2.22. The van der Waals surface area contributed by atoms with Crippen LogP contribution in [0.5, 0.6) is 0 Å². The Morgan fingerprint density at radius 1 is 1.24 bits per heavy atom. The van der Waals surface area contributed by atoms with Crippen molar-refractivity contribution < 1.29 is 13.5 Å². The summed E-state index contributed by atoms with van der Waals surface area (Å²) < 4.78 is 27.0. The van der Waals surface area contributed by atoms with Gasteiger partial charge in [-0.05, 0) is 35.6 Å². The lowest BCUT2D eigenvalue weighted by molar-refractivity contribution is 0.263. The number of hydrogen-bond acceptors (Lipinski definition) is 3. The molecular formula is C16H23NO3S. The Balaban J connectivity index is 2.79. The number of benzene rings is 1. The molecule has 0 aliphatic heterocycles. The Hall–Kier alpha value is -1.35. The normalized spacial score (nSPS) is 13.4. The molecule has 0 heterocycles. The number of sulfonamides is 1. The van der Waals surface area contributed by atoms with Gasteiger partial charge < -0.3 is 5.11 Å². The topological polar surface area (TPSA) is 66.4 Å². The summed E-state index contributed by atoms with van der Waals surface area (Å²) in [6, 6.07) is 6.30. The van der Waals surface area contributed by atoms with Crippen LogP contribution in [0, 0.1) is 23.2 Å². The molecule has 0 fully saturated rings. The van der Waals surface area contributed by atoms with Crippen LogP contribution in [0.15, 0.2) is 29.2 Å². The first kappa shape index (κ1) is 17.7. The van der Waals surface area contributed by atoms with Crippen molar-refractivity contribution in [2.45, 2.75) is 32.6 Å². The summed E-state index contributed by atoms with van der Waals surface area (Å²) in [6.07, 6.45) is 0. The van der Waals surface area contributed by atoms with E-state index >= 15 is 0 Å². The average Bonchev–Trinajstić information content (AvgIpc) is 2.42. The van der Waals surface area contributed by atoms with E-state index in [1.165, 1.54) is 12.1 Å². The van der Waals surface area contributed by atoms with Gasteiger partial charge in [0.15, 0.2) is 0 Å². The Bertz CT molecular complexity index is 616. The highest BCUT2D eigenvalue weighted by molar-refractivity contribution is 7.89. The first-order valence-electron chi connectivity index (χ1n) is 6.86. The predicted octanol–water partition coefficient (Wildman–Crippen LogP) is 1.99. The van der Waals surface area contributed by atoms with Gasteiger partial charge in [-0.1, -0.05) is 39.5 Å². The van der Waals surface area contributed by atoms with E-state index in [0.717, 1.165) is 0 Å². The lowest BCUT2D eigenvalue weighted by Gasteiger charge is -2.27. The van der Waals surface area contributed by atoms with Crippen molar-refractivity contribution in [3.63, 3.8) is 0 Å². The van der Waals surface area contributed by atoms with Crippen LogP contribution in [0.3, 0.4) is 0 Å². The van der Waals surface area contributed by atoms with E-state index in [2.05, 4.69) is 37.3 Å². The molecule has 0 radical (unpaired) electrons. The number of aliphatic hydroxyl groups excluding tert-OH is 1. The van der Waals surface area contributed by atoms with Crippen LogP contribution in [0.25, 0.3) is 0 Å². The molecule has 1 unspecified atom stereocenters. The van der Waals surface area contributed by atoms with Crippen molar-refractivity contribution in [1.29, 1.82) is 0 Å². The summed E-state index contributed by atoms with van der Waals surface area (Å²) in [7, 11) is -3.50. The second kappa shape index (κ2) is 7.08. The number of aliphatic hydroxyl groups is 1. The predicted molar refractivity (Wildman–Crippen MR) is 84.2 cm³/mol. The lowest BCUT2D eigenvalue weighted by atomic mass is 9.82. The summed E-state index contributed by atoms with van der Waals surface area (Å²) >= 11 is 0. The van der Waals surface area contributed by atoms with Crippen LogP contribution in [0.1, 0.15) is 33.3 Å². The third-order valence-corrected chi connectivity index (χ3v) is 4.97. The van der Waals surface area contributed by atoms with Crippen LogP contribution in [0.4, 0.5) is 0 Å². The van der Waals surface area contributed by atoms with Crippen molar-refractivity contribution in [1.82, 2.24) is 4.72 Å². The zero-order chi connectivity index (χ0) is 16.1. The van der Waals surface area contributed by atoms with Crippen LogP contribution in [-0.4, -0.2) is 26.7 Å². The molecule has 0 aromatic heterocycles. The molecule has 0 amide bonds. The fraction of sp³-hybridized carbons (Fsp3) is 0.500. The van der Waals surface area contributed by atoms with Crippen LogP contribution in [-0.2, 0) is 10.0 Å². The lowest BCUT2D eigenvalue weighted by Crippen LogP contribution is -2.33. The Kier molecular flexibility index (Phi) is 5.97. The van der Waals surface area contributed by atoms with E-state index in [-0.39, 0.29) is 22.8 Å². The molecular weight excluding hydrogens is 286 g/mol. The second-order valence-corrected chi connectivity index (χ2v) is 7.87. The Morgan fingerprint density at radius 2 is 1.81 bits per heavy atom. The second-order valence-electron chi connectivity index (χ2n) is 6.10. The van der Waals surface area contributed by atoms with E-state index in [0.29, 0.717) is 12.1 Å². The molecule has 0 aliphatic carbocycles. The van der Waals surface area contributed by atoms with Gasteiger partial charge in [0.2, 0.25) is 10.0 Å². The van der Waals surface area contributed by atoms with Crippen LogP contribution in [0.2, 0.25) is 0 Å². The van der Waals surface area contributed by atoms with Crippen molar-refractivity contribution in [2.24, 2.45) is 11.3 Å². The summed E-state index contributed by atoms with van der Waals surface area (Å²) in [4.78, 5) is 0.221. The fourth-order valence-electron chi connectivity index (χ4n) is 1.48.